The molecule has 98 valence electrons. The van der Waals surface area contributed by atoms with E-state index in [2.05, 4.69) is 9.97 Å². The summed E-state index contributed by atoms with van der Waals surface area (Å²) in [6.07, 6.45) is 3.13. The highest BCUT2D eigenvalue weighted by molar-refractivity contribution is 8.07. The van der Waals surface area contributed by atoms with E-state index in [4.69, 9.17) is 4.74 Å². The lowest BCUT2D eigenvalue weighted by Crippen LogP contribution is -2.38. The molecule has 1 aromatic heterocycles. The maximum atomic E-state index is 12.2. The summed E-state index contributed by atoms with van der Waals surface area (Å²) < 4.78 is 4.99. The smallest absolute Gasteiger partial charge is 0.243 e. The quantitative estimate of drug-likeness (QED) is 0.834. The first-order chi connectivity index (χ1) is 8.72. The molecule has 5 nitrogen and oxygen atoms in total. The van der Waals surface area contributed by atoms with Crippen LogP contribution in [-0.2, 0) is 4.79 Å². The van der Waals surface area contributed by atoms with Crippen molar-refractivity contribution in [2.24, 2.45) is 0 Å². The van der Waals surface area contributed by atoms with Gasteiger partial charge in [-0.25, -0.2) is 9.97 Å². The van der Waals surface area contributed by atoms with Crippen LogP contribution in [-0.4, -0.2) is 52.5 Å². The van der Waals surface area contributed by atoms with E-state index < -0.39 is 0 Å². The zero-order chi connectivity index (χ0) is 13.0. The summed E-state index contributed by atoms with van der Waals surface area (Å²) in [5, 5.41) is 0.0134. The summed E-state index contributed by atoms with van der Waals surface area (Å²) >= 11 is 3.53. The van der Waals surface area contributed by atoms with Gasteiger partial charge in [0.1, 0.15) is 0 Å². The average molecular weight is 285 g/mol. The number of rotatable bonds is 3. The highest BCUT2D eigenvalue weighted by atomic mass is 32.2. The largest absolute Gasteiger partial charge is 0.494 e. The summed E-state index contributed by atoms with van der Waals surface area (Å²) in [7, 11) is 3.27. The molecular weight excluding hydrogens is 270 g/mol. The minimum absolute atomic E-state index is 0.0134. The number of nitrogens with zero attached hydrogens (tertiary/aromatic N) is 3. The van der Waals surface area contributed by atoms with Gasteiger partial charge in [-0.1, -0.05) is 0 Å². The van der Waals surface area contributed by atoms with Crippen LogP contribution in [0.5, 0.6) is 5.75 Å². The second-order valence-electron chi connectivity index (χ2n) is 3.75. The fraction of sp³-hybridized carbons (Fsp3) is 0.545. The molecule has 0 aromatic carbocycles. The van der Waals surface area contributed by atoms with Crippen LogP contribution >= 0.6 is 23.5 Å². The van der Waals surface area contributed by atoms with Crippen LogP contribution in [0.15, 0.2) is 12.4 Å². The van der Waals surface area contributed by atoms with E-state index >= 15 is 0 Å². The topological polar surface area (TPSA) is 55.3 Å². The van der Waals surface area contributed by atoms with Gasteiger partial charge in [0.2, 0.25) is 11.9 Å². The monoisotopic (exact) mass is 285 g/mol. The molecule has 1 fully saturated rings. The molecule has 0 radical (unpaired) electrons. The molecule has 1 aliphatic heterocycles. The maximum Gasteiger partial charge on any atom is 0.243 e. The molecule has 0 unspecified atom stereocenters. The minimum Gasteiger partial charge on any atom is -0.494 e. The molecule has 0 bridgehead atoms. The lowest BCUT2D eigenvalue weighted by molar-refractivity contribution is -0.117. The van der Waals surface area contributed by atoms with Gasteiger partial charge in [-0.2, -0.15) is 11.8 Å². The molecular formula is C11H15N3O2S2. The molecule has 1 aromatic rings. The third-order valence-corrected chi connectivity index (χ3v) is 5.31. The van der Waals surface area contributed by atoms with E-state index in [-0.39, 0.29) is 11.2 Å². The molecule has 1 amide bonds. The van der Waals surface area contributed by atoms with Crippen molar-refractivity contribution in [1.29, 1.82) is 0 Å². The van der Waals surface area contributed by atoms with E-state index in [1.165, 1.54) is 4.90 Å². The van der Waals surface area contributed by atoms with E-state index in [1.807, 2.05) is 11.8 Å². The third kappa shape index (κ3) is 3.08. The fourth-order valence-corrected chi connectivity index (χ4v) is 4.17. The van der Waals surface area contributed by atoms with Gasteiger partial charge in [0.05, 0.1) is 24.8 Å². The number of hydrogen-bond acceptors (Lipinski definition) is 6. The lowest BCUT2D eigenvalue weighted by atomic mass is 10.4. The lowest BCUT2D eigenvalue weighted by Gasteiger charge is -2.24. The van der Waals surface area contributed by atoms with Crippen molar-refractivity contribution in [2.75, 3.05) is 36.3 Å². The van der Waals surface area contributed by atoms with Crippen molar-refractivity contribution in [2.45, 2.75) is 5.25 Å². The summed E-state index contributed by atoms with van der Waals surface area (Å²) in [6, 6.07) is 0. The highest BCUT2D eigenvalue weighted by Gasteiger charge is 2.26. The summed E-state index contributed by atoms with van der Waals surface area (Å²) in [5.41, 5.74) is 0. The molecule has 2 rings (SSSR count). The fourth-order valence-electron chi connectivity index (χ4n) is 1.53. The molecule has 0 saturated carbocycles. The van der Waals surface area contributed by atoms with Gasteiger partial charge in [0.25, 0.3) is 0 Å². The van der Waals surface area contributed by atoms with Gasteiger partial charge in [-0.3, -0.25) is 9.69 Å². The third-order valence-electron chi connectivity index (χ3n) is 2.57. The SMILES string of the molecule is COc1cnc(N(C)C(=O)[C@@H]2CSCCS2)nc1. The zero-order valence-corrected chi connectivity index (χ0v) is 12.0. The van der Waals surface area contributed by atoms with E-state index in [1.54, 1.807) is 38.3 Å². The molecule has 0 N–H and O–H groups in total. The second-order valence-corrected chi connectivity index (χ2v) is 6.21. The van der Waals surface area contributed by atoms with Crippen molar-refractivity contribution in [3.8, 4) is 5.75 Å². The van der Waals surface area contributed by atoms with E-state index in [9.17, 15) is 4.79 Å². The first-order valence-corrected chi connectivity index (χ1v) is 7.75. The highest BCUT2D eigenvalue weighted by Crippen LogP contribution is 2.26. The Morgan fingerprint density at radius 1 is 1.44 bits per heavy atom. The minimum atomic E-state index is 0.0134. The van der Waals surface area contributed by atoms with Crippen molar-refractivity contribution in [3.63, 3.8) is 0 Å². The van der Waals surface area contributed by atoms with Crippen LogP contribution in [0.3, 0.4) is 0 Å². The normalized spacial score (nSPS) is 19.3. The zero-order valence-electron chi connectivity index (χ0n) is 10.3. The number of ether oxygens (including phenoxy) is 1. The van der Waals surface area contributed by atoms with Crippen LogP contribution in [0.1, 0.15) is 0 Å². The van der Waals surface area contributed by atoms with Crippen molar-refractivity contribution in [3.05, 3.63) is 12.4 Å². The Bertz CT molecular complexity index is 407. The molecule has 1 aliphatic rings. The first-order valence-electron chi connectivity index (χ1n) is 5.55. The summed E-state index contributed by atoms with van der Waals surface area (Å²) in [5.74, 6) is 4.08. The van der Waals surface area contributed by atoms with Crippen LogP contribution in [0.25, 0.3) is 0 Å². The number of amides is 1. The predicted octanol–water partition coefficient (Wildman–Crippen LogP) is 1.30. The Morgan fingerprint density at radius 2 is 2.17 bits per heavy atom. The van der Waals surface area contributed by atoms with Crippen molar-refractivity contribution < 1.29 is 9.53 Å². The maximum absolute atomic E-state index is 12.2. The standard InChI is InChI=1S/C11H15N3O2S2/c1-14(10(15)9-7-17-3-4-18-9)11-12-5-8(16-2)6-13-11/h5-6,9H,3-4,7H2,1-2H3/t9-/m0/s1. The van der Waals surface area contributed by atoms with Crippen LogP contribution < -0.4 is 9.64 Å². The Balaban J connectivity index is 2.04. The molecule has 2 heterocycles. The number of thioether (sulfide) groups is 2. The number of hydrogen-bond donors (Lipinski definition) is 0. The molecule has 0 aliphatic carbocycles. The van der Waals surface area contributed by atoms with Gasteiger partial charge >= 0.3 is 0 Å². The molecule has 1 atom stereocenters. The number of carbonyl (C=O) groups excluding carboxylic acids is 1. The number of anilines is 1. The predicted molar refractivity (Wildman–Crippen MR) is 75.6 cm³/mol. The summed E-state index contributed by atoms with van der Waals surface area (Å²) in [6.45, 7) is 0. The molecule has 7 heteroatoms. The van der Waals surface area contributed by atoms with Gasteiger partial charge in [-0.05, 0) is 0 Å². The van der Waals surface area contributed by atoms with Crippen molar-refractivity contribution in [1.82, 2.24) is 9.97 Å². The van der Waals surface area contributed by atoms with Crippen LogP contribution in [0.4, 0.5) is 5.95 Å². The van der Waals surface area contributed by atoms with E-state index in [0.29, 0.717) is 11.7 Å². The second kappa shape index (κ2) is 6.29. The Morgan fingerprint density at radius 3 is 2.72 bits per heavy atom. The summed E-state index contributed by atoms with van der Waals surface area (Å²) in [4.78, 5) is 22.0. The number of carbonyl (C=O) groups is 1. The van der Waals surface area contributed by atoms with Gasteiger partial charge in [0, 0.05) is 24.3 Å². The Labute approximate surface area is 115 Å². The Kier molecular flexibility index (Phi) is 4.71. The van der Waals surface area contributed by atoms with Crippen molar-refractivity contribution >= 4 is 35.4 Å². The molecule has 0 spiro atoms. The number of methoxy groups -OCH3 is 1. The van der Waals surface area contributed by atoms with E-state index in [0.717, 1.165) is 17.3 Å². The number of aromatic nitrogens is 2. The molecule has 18 heavy (non-hydrogen) atoms. The van der Waals surface area contributed by atoms with Gasteiger partial charge in [0.15, 0.2) is 5.75 Å². The Hall–Kier alpha value is -0.950. The van der Waals surface area contributed by atoms with Crippen LogP contribution in [0, 0.1) is 0 Å². The first kappa shape index (κ1) is 13.5. The average Bonchev–Trinajstić information content (AvgIpc) is 2.47. The van der Waals surface area contributed by atoms with Gasteiger partial charge < -0.3 is 4.74 Å². The van der Waals surface area contributed by atoms with Gasteiger partial charge in [-0.15, -0.1) is 11.8 Å². The molecule has 1 saturated heterocycles. The van der Waals surface area contributed by atoms with Crippen LogP contribution in [0.2, 0.25) is 0 Å².